The number of aryl methyl sites for hydroxylation is 1. The highest BCUT2D eigenvalue weighted by Gasteiger charge is 2.59. The predicted molar refractivity (Wildman–Crippen MR) is 101 cm³/mol. The quantitative estimate of drug-likeness (QED) is 0.835. The van der Waals surface area contributed by atoms with Crippen LogP contribution in [0.4, 0.5) is 0 Å². The standard InChI is InChI=1S/C21H26N4O2/c1-24-14-22-23-18(24)17-12-25(13-20(17)8-3-9-20)19(26)21(10-11-21)15-4-6-16(27-2)7-5-15/h4-7,14,17H,3,8-13H2,1-2H3. The third-order valence-corrected chi connectivity index (χ3v) is 7.14. The summed E-state index contributed by atoms with van der Waals surface area (Å²) >= 11 is 0. The number of rotatable bonds is 4. The average Bonchev–Trinajstić information content (AvgIpc) is 3.20. The van der Waals surface area contributed by atoms with Crippen LogP contribution in [0.2, 0.25) is 0 Å². The molecule has 2 heterocycles. The largest absolute Gasteiger partial charge is 0.497 e. The molecule has 3 aliphatic rings. The Morgan fingerprint density at radius 3 is 2.44 bits per heavy atom. The first-order valence-corrected chi connectivity index (χ1v) is 9.86. The summed E-state index contributed by atoms with van der Waals surface area (Å²) in [6.45, 7) is 1.63. The van der Waals surface area contributed by atoms with Crippen molar-refractivity contribution in [2.24, 2.45) is 12.5 Å². The lowest BCUT2D eigenvalue weighted by Gasteiger charge is -2.42. The summed E-state index contributed by atoms with van der Waals surface area (Å²) < 4.78 is 7.29. The van der Waals surface area contributed by atoms with E-state index in [-0.39, 0.29) is 10.8 Å². The molecule has 2 aliphatic carbocycles. The van der Waals surface area contributed by atoms with Crippen LogP contribution >= 0.6 is 0 Å². The van der Waals surface area contributed by atoms with Gasteiger partial charge in [0.2, 0.25) is 5.91 Å². The van der Waals surface area contributed by atoms with E-state index in [0.717, 1.165) is 43.1 Å². The molecule has 6 heteroatoms. The number of ether oxygens (including phenoxy) is 1. The summed E-state index contributed by atoms with van der Waals surface area (Å²) in [5, 5.41) is 8.47. The van der Waals surface area contributed by atoms with E-state index in [0.29, 0.717) is 11.8 Å². The SMILES string of the molecule is COc1ccc(C2(C(=O)N3CC(c4nncn4C)C4(CCC4)C3)CC2)cc1. The Kier molecular flexibility index (Phi) is 3.61. The summed E-state index contributed by atoms with van der Waals surface area (Å²) in [5.41, 5.74) is 0.997. The minimum absolute atomic E-state index is 0.201. The van der Waals surface area contributed by atoms with Crippen LogP contribution in [-0.4, -0.2) is 45.8 Å². The molecular weight excluding hydrogens is 340 g/mol. The fourth-order valence-corrected chi connectivity index (χ4v) is 5.19. The molecule has 1 saturated heterocycles. The highest BCUT2D eigenvalue weighted by Crippen LogP contribution is 2.57. The molecule has 1 aliphatic heterocycles. The Bertz CT molecular complexity index is 865. The smallest absolute Gasteiger partial charge is 0.233 e. The van der Waals surface area contributed by atoms with Gasteiger partial charge >= 0.3 is 0 Å². The maximum absolute atomic E-state index is 13.6. The zero-order valence-corrected chi connectivity index (χ0v) is 16.0. The third-order valence-electron chi connectivity index (χ3n) is 7.14. The minimum Gasteiger partial charge on any atom is -0.497 e. The number of hydrogen-bond donors (Lipinski definition) is 0. The van der Waals surface area contributed by atoms with Gasteiger partial charge in [0.05, 0.1) is 12.5 Å². The van der Waals surface area contributed by atoms with Crippen molar-refractivity contribution in [3.05, 3.63) is 42.0 Å². The minimum atomic E-state index is -0.327. The van der Waals surface area contributed by atoms with Gasteiger partial charge in [0.25, 0.3) is 0 Å². The van der Waals surface area contributed by atoms with Crippen molar-refractivity contribution >= 4 is 5.91 Å². The van der Waals surface area contributed by atoms with Gasteiger partial charge in [-0.3, -0.25) is 4.79 Å². The molecule has 2 aromatic rings. The molecule has 5 rings (SSSR count). The second-order valence-corrected chi connectivity index (χ2v) is 8.56. The molecule has 1 amide bonds. The van der Waals surface area contributed by atoms with Gasteiger partial charge in [-0.25, -0.2) is 0 Å². The summed E-state index contributed by atoms with van der Waals surface area (Å²) in [6.07, 6.45) is 7.27. The van der Waals surface area contributed by atoms with Gasteiger partial charge in [0.1, 0.15) is 17.9 Å². The zero-order valence-electron chi connectivity index (χ0n) is 16.0. The maximum Gasteiger partial charge on any atom is 0.233 e. The van der Waals surface area contributed by atoms with Crippen molar-refractivity contribution in [1.82, 2.24) is 19.7 Å². The molecular formula is C21H26N4O2. The van der Waals surface area contributed by atoms with Gasteiger partial charge in [-0.1, -0.05) is 18.6 Å². The van der Waals surface area contributed by atoms with E-state index < -0.39 is 0 Å². The van der Waals surface area contributed by atoms with E-state index in [2.05, 4.69) is 27.2 Å². The number of hydrogen-bond acceptors (Lipinski definition) is 4. The van der Waals surface area contributed by atoms with Gasteiger partial charge in [0, 0.05) is 26.1 Å². The molecule has 0 radical (unpaired) electrons. The second-order valence-electron chi connectivity index (χ2n) is 8.56. The third kappa shape index (κ3) is 2.42. The van der Waals surface area contributed by atoms with E-state index in [1.165, 1.54) is 19.3 Å². The topological polar surface area (TPSA) is 60.2 Å². The second kappa shape index (κ2) is 5.81. The fraction of sp³-hybridized carbons (Fsp3) is 0.571. The van der Waals surface area contributed by atoms with Crippen LogP contribution in [-0.2, 0) is 17.3 Å². The first kappa shape index (κ1) is 16.8. The van der Waals surface area contributed by atoms with Crippen molar-refractivity contribution in [1.29, 1.82) is 0 Å². The van der Waals surface area contributed by atoms with Gasteiger partial charge in [-0.15, -0.1) is 10.2 Å². The first-order chi connectivity index (χ1) is 13.1. The van der Waals surface area contributed by atoms with Crippen molar-refractivity contribution < 1.29 is 9.53 Å². The molecule has 0 bridgehead atoms. The molecule has 27 heavy (non-hydrogen) atoms. The number of benzene rings is 1. The van der Waals surface area contributed by atoms with Crippen LogP contribution in [0.5, 0.6) is 5.75 Å². The lowest BCUT2D eigenvalue weighted by Crippen LogP contribution is -2.41. The predicted octanol–water partition coefficient (Wildman–Crippen LogP) is 2.65. The summed E-state index contributed by atoms with van der Waals surface area (Å²) in [4.78, 5) is 15.7. The summed E-state index contributed by atoms with van der Waals surface area (Å²) in [5.74, 6) is 2.45. The van der Waals surface area contributed by atoms with Gasteiger partial charge < -0.3 is 14.2 Å². The van der Waals surface area contributed by atoms with Crippen LogP contribution in [0.25, 0.3) is 0 Å². The van der Waals surface area contributed by atoms with Crippen molar-refractivity contribution in [3.8, 4) is 5.75 Å². The van der Waals surface area contributed by atoms with E-state index in [1.807, 2.05) is 23.7 Å². The van der Waals surface area contributed by atoms with Gasteiger partial charge in [0.15, 0.2) is 0 Å². The molecule has 1 aromatic carbocycles. The van der Waals surface area contributed by atoms with Crippen LogP contribution in [0.15, 0.2) is 30.6 Å². The van der Waals surface area contributed by atoms with Crippen LogP contribution in [0.1, 0.15) is 49.4 Å². The van der Waals surface area contributed by atoms with E-state index in [4.69, 9.17) is 4.74 Å². The number of nitrogens with zero attached hydrogens (tertiary/aromatic N) is 4. The lowest BCUT2D eigenvalue weighted by molar-refractivity contribution is -0.133. The molecule has 1 aromatic heterocycles. The number of carbonyl (C=O) groups excluding carboxylic acids is 1. The molecule has 0 N–H and O–H groups in total. The van der Waals surface area contributed by atoms with Gasteiger partial charge in [-0.2, -0.15) is 0 Å². The Labute approximate surface area is 159 Å². The highest BCUT2D eigenvalue weighted by atomic mass is 16.5. The normalized spacial score (nSPS) is 24.7. The molecule has 142 valence electrons. The Hall–Kier alpha value is -2.37. The molecule has 1 unspecified atom stereocenters. The van der Waals surface area contributed by atoms with E-state index >= 15 is 0 Å². The number of amides is 1. The first-order valence-electron chi connectivity index (χ1n) is 9.86. The average molecular weight is 366 g/mol. The highest BCUT2D eigenvalue weighted by molar-refractivity contribution is 5.91. The van der Waals surface area contributed by atoms with Crippen molar-refractivity contribution in [2.75, 3.05) is 20.2 Å². The van der Waals surface area contributed by atoms with Crippen LogP contribution in [0, 0.1) is 5.41 Å². The fourth-order valence-electron chi connectivity index (χ4n) is 5.19. The molecule has 1 atom stereocenters. The molecule has 6 nitrogen and oxygen atoms in total. The zero-order chi connectivity index (χ0) is 18.6. The Balaban J connectivity index is 1.41. The monoisotopic (exact) mass is 366 g/mol. The van der Waals surface area contributed by atoms with Crippen LogP contribution < -0.4 is 4.74 Å². The van der Waals surface area contributed by atoms with E-state index in [9.17, 15) is 4.79 Å². The number of aromatic nitrogens is 3. The Morgan fingerprint density at radius 2 is 1.93 bits per heavy atom. The lowest BCUT2D eigenvalue weighted by atomic mass is 9.62. The molecule has 2 saturated carbocycles. The van der Waals surface area contributed by atoms with Crippen molar-refractivity contribution in [3.63, 3.8) is 0 Å². The maximum atomic E-state index is 13.6. The van der Waals surface area contributed by atoms with Crippen LogP contribution in [0.3, 0.4) is 0 Å². The Morgan fingerprint density at radius 1 is 1.19 bits per heavy atom. The van der Waals surface area contributed by atoms with Crippen molar-refractivity contribution in [2.45, 2.75) is 43.4 Å². The molecule has 3 fully saturated rings. The molecule has 1 spiro atoms. The number of methoxy groups -OCH3 is 1. The van der Waals surface area contributed by atoms with Gasteiger partial charge in [-0.05, 0) is 48.8 Å². The summed E-state index contributed by atoms with van der Waals surface area (Å²) in [7, 11) is 3.67. The van der Waals surface area contributed by atoms with E-state index in [1.54, 1.807) is 13.4 Å². The number of carbonyl (C=O) groups is 1. The number of likely N-dealkylation sites (tertiary alicyclic amines) is 1. The summed E-state index contributed by atoms with van der Waals surface area (Å²) in [6, 6.07) is 8.03.